The van der Waals surface area contributed by atoms with Crippen molar-refractivity contribution in [3.05, 3.63) is 59.2 Å². The Bertz CT molecular complexity index is 895. The van der Waals surface area contributed by atoms with Gasteiger partial charge in [0.15, 0.2) is 6.10 Å². The summed E-state index contributed by atoms with van der Waals surface area (Å²) in [4.78, 5) is 30.3. The van der Waals surface area contributed by atoms with Crippen LogP contribution in [0.1, 0.15) is 28.9 Å². The van der Waals surface area contributed by atoms with Gasteiger partial charge in [0.05, 0.1) is 10.9 Å². The van der Waals surface area contributed by atoms with Crippen LogP contribution >= 0.6 is 11.8 Å². The maximum atomic E-state index is 13.6. The van der Waals surface area contributed by atoms with Crippen LogP contribution in [0.25, 0.3) is 0 Å². The summed E-state index contributed by atoms with van der Waals surface area (Å²) in [5.41, 5.74) is 4.12. The molecule has 2 aromatic carbocycles. The van der Waals surface area contributed by atoms with Crippen molar-refractivity contribution in [2.45, 2.75) is 37.0 Å². The Morgan fingerprint density at radius 2 is 1.76 bits per heavy atom. The number of carbonyl (C=O) groups is 2. The lowest BCUT2D eigenvalue weighted by molar-refractivity contribution is -0.152. The lowest BCUT2D eigenvalue weighted by Gasteiger charge is -2.28. The quantitative estimate of drug-likeness (QED) is 0.696. The predicted molar refractivity (Wildman–Crippen MR) is 117 cm³/mol. The highest BCUT2D eigenvalue weighted by molar-refractivity contribution is 7.99. The fourth-order valence-corrected chi connectivity index (χ4v) is 4.78. The number of nitrogens with zero attached hydrogens (tertiary/aromatic N) is 2. The van der Waals surface area contributed by atoms with E-state index >= 15 is 0 Å². The summed E-state index contributed by atoms with van der Waals surface area (Å²) in [5, 5.41) is -0.308. The summed E-state index contributed by atoms with van der Waals surface area (Å²) in [6, 6.07) is 14.2. The minimum atomic E-state index is -0.880. The SMILES string of the molecule is CC(=O)O[C@@H]1C(=O)N(CCN(C)C)c2ccc(C)cc2S[C@@H]1c1ccc(C)cc1. The van der Waals surface area contributed by atoms with Gasteiger partial charge in [-0.1, -0.05) is 35.9 Å². The van der Waals surface area contributed by atoms with Crippen molar-refractivity contribution in [2.75, 3.05) is 32.1 Å². The standard InChI is InChI=1S/C23H28N2O3S/c1-15-6-9-18(10-7-15)22-21(28-17(3)26)23(27)25(13-12-24(4)5)19-11-8-16(2)14-20(19)29-22/h6-11,14,21-22H,12-13H2,1-5H3/t21-,22+/m0/s1. The smallest absolute Gasteiger partial charge is 0.303 e. The molecule has 0 spiro atoms. The lowest BCUT2D eigenvalue weighted by Crippen LogP contribution is -2.45. The van der Waals surface area contributed by atoms with Crippen LogP contribution in [0.2, 0.25) is 0 Å². The predicted octanol–water partition coefficient (Wildman–Crippen LogP) is 3.98. The van der Waals surface area contributed by atoms with Gasteiger partial charge in [-0.3, -0.25) is 9.59 Å². The van der Waals surface area contributed by atoms with E-state index < -0.39 is 12.1 Å². The van der Waals surface area contributed by atoms with Crippen LogP contribution in [0.4, 0.5) is 5.69 Å². The molecule has 0 radical (unpaired) electrons. The zero-order valence-electron chi connectivity index (χ0n) is 17.6. The van der Waals surface area contributed by atoms with Crippen LogP contribution in [0.3, 0.4) is 0 Å². The maximum Gasteiger partial charge on any atom is 0.303 e. The van der Waals surface area contributed by atoms with Gasteiger partial charge in [-0.05, 0) is 51.2 Å². The minimum absolute atomic E-state index is 0.178. The van der Waals surface area contributed by atoms with Crippen molar-refractivity contribution in [3.8, 4) is 0 Å². The highest BCUT2D eigenvalue weighted by Crippen LogP contribution is 2.47. The zero-order chi connectivity index (χ0) is 21.1. The minimum Gasteiger partial charge on any atom is -0.451 e. The first-order valence-corrected chi connectivity index (χ1v) is 10.6. The van der Waals surface area contributed by atoms with E-state index in [1.807, 2.05) is 69.2 Å². The summed E-state index contributed by atoms with van der Waals surface area (Å²) in [6.45, 7) is 6.67. The van der Waals surface area contributed by atoms with Crippen molar-refractivity contribution in [1.82, 2.24) is 4.90 Å². The van der Waals surface area contributed by atoms with Crippen LogP contribution in [0, 0.1) is 13.8 Å². The Morgan fingerprint density at radius 3 is 2.38 bits per heavy atom. The summed E-state index contributed by atoms with van der Waals surface area (Å²) in [6.07, 6.45) is -0.880. The van der Waals surface area contributed by atoms with E-state index in [9.17, 15) is 9.59 Å². The molecule has 1 heterocycles. The van der Waals surface area contributed by atoms with Gasteiger partial charge in [-0.2, -0.15) is 0 Å². The van der Waals surface area contributed by atoms with Crippen LogP contribution < -0.4 is 4.90 Å². The molecule has 1 amide bonds. The first-order chi connectivity index (χ1) is 13.8. The third kappa shape index (κ3) is 5.00. The summed E-state index contributed by atoms with van der Waals surface area (Å²) in [7, 11) is 3.96. The molecular weight excluding hydrogens is 384 g/mol. The number of ether oxygens (including phenoxy) is 1. The molecule has 29 heavy (non-hydrogen) atoms. The summed E-state index contributed by atoms with van der Waals surface area (Å²) < 4.78 is 5.61. The van der Waals surface area contributed by atoms with E-state index in [0.29, 0.717) is 13.1 Å². The van der Waals surface area contributed by atoms with Crippen molar-refractivity contribution in [2.24, 2.45) is 0 Å². The number of thioether (sulfide) groups is 1. The number of amides is 1. The van der Waals surface area contributed by atoms with Crippen LogP contribution in [0.5, 0.6) is 0 Å². The second-order valence-corrected chi connectivity index (χ2v) is 8.93. The molecule has 1 aliphatic heterocycles. The molecule has 3 rings (SSSR count). The molecule has 0 unspecified atom stereocenters. The van der Waals surface area contributed by atoms with Crippen LogP contribution in [-0.4, -0.2) is 50.1 Å². The fourth-order valence-electron chi connectivity index (χ4n) is 3.36. The van der Waals surface area contributed by atoms with Crippen LogP contribution in [-0.2, 0) is 14.3 Å². The van der Waals surface area contributed by atoms with Crippen molar-refractivity contribution >= 4 is 29.3 Å². The Kier molecular flexibility index (Phi) is 6.65. The van der Waals surface area contributed by atoms with E-state index in [1.54, 1.807) is 16.7 Å². The second-order valence-electron chi connectivity index (χ2n) is 7.74. The topological polar surface area (TPSA) is 49.9 Å². The first kappa shape index (κ1) is 21.4. The molecule has 0 aliphatic carbocycles. The van der Waals surface area contributed by atoms with Gasteiger partial charge < -0.3 is 14.5 Å². The summed E-state index contributed by atoms with van der Waals surface area (Å²) >= 11 is 1.59. The van der Waals surface area contributed by atoms with E-state index in [-0.39, 0.29) is 11.2 Å². The molecule has 2 atom stereocenters. The van der Waals surface area contributed by atoms with Crippen molar-refractivity contribution in [3.63, 3.8) is 0 Å². The van der Waals surface area contributed by atoms with Crippen molar-refractivity contribution in [1.29, 1.82) is 0 Å². The number of rotatable bonds is 5. The van der Waals surface area contributed by atoms with Gasteiger partial charge in [0, 0.05) is 24.9 Å². The molecule has 5 nitrogen and oxygen atoms in total. The van der Waals surface area contributed by atoms with E-state index in [4.69, 9.17) is 4.74 Å². The largest absolute Gasteiger partial charge is 0.451 e. The number of benzene rings is 2. The number of carbonyl (C=O) groups excluding carboxylic acids is 2. The Hall–Kier alpha value is -2.31. The molecule has 0 N–H and O–H groups in total. The van der Waals surface area contributed by atoms with Crippen molar-refractivity contribution < 1.29 is 14.3 Å². The Morgan fingerprint density at radius 1 is 1.10 bits per heavy atom. The monoisotopic (exact) mass is 412 g/mol. The van der Waals surface area contributed by atoms with Gasteiger partial charge in [0.25, 0.3) is 5.91 Å². The highest BCUT2D eigenvalue weighted by atomic mass is 32.2. The molecule has 6 heteroatoms. The Balaban J connectivity index is 2.10. The average molecular weight is 413 g/mol. The van der Waals surface area contributed by atoms with Gasteiger partial charge in [-0.15, -0.1) is 11.8 Å². The number of anilines is 1. The normalized spacial score (nSPS) is 19.1. The Labute approximate surface area is 177 Å². The van der Waals surface area contributed by atoms with Gasteiger partial charge in [-0.25, -0.2) is 0 Å². The fraction of sp³-hybridized carbons (Fsp3) is 0.391. The number of hydrogen-bond donors (Lipinski definition) is 0. The molecule has 0 saturated carbocycles. The first-order valence-electron chi connectivity index (χ1n) is 9.73. The van der Waals surface area contributed by atoms with E-state index in [2.05, 4.69) is 6.07 Å². The second kappa shape index (κ2) is 9.01. The van der Waals surface area contributed by atoms with Gasteiger partial charge >= 0.3 is 5.97 Å². The third-order valence-electron chi connectivity index (χ3n) is 4.91. The number of fused-ring (bicyclic) bond motifs is 1. The molecule has 1 aliphatic rings. The number of likely N-dealkylation sites (N-methyl/N-ethyl adjacent to an activating group) is 1. The number of esters is 1. The molecule has 154 valence electrons. The zero-order valence-corrected chi connectivity index (χ0v) is 18.5. The number of aryl methyl sites for hydroxylation is 2. The third-order valence-corrected chi connectivity index (χ3v) is 6.27. The molecule has 2 aromatic rings. The molecular formula is C23H28N2O3S. The van der Waals surface area contributed by atoms with Gasteiger partial charge in [0.1, 0.15) is 0 Å². The maximum absolute atomic E-state index is 13.6. The van der Waals surface area contributed by atoms with E-state index in [1.165, 1.54) is 6.92 Å². The molecule has 0 saturated heterocycles. The highest BCUT2D eigenvalue weighted by Gasteiger charge is 2.40. The molecule has 0 aromatic heterocycles. The van der Waals surface area contributed by atoms with Crippen LogP contribution in [0.15, 0.2) is 47.4 Å². The molecule has 0 bridgehead atoms. The summed E-state index contributed by atoms with van der Waals surface area (Å²) in [5.74, 6) is -0.626. The lowest BCUT2D eigenvalue weighted by atomic mass is 10.0. The van der Waals surface area contributed by atoms with Gasteiger partial charge in [0.2, 0.25) is 0 Å². The molecule has 0 fully saturated rings. The van der Waals surface area contributed by atoms with E-state index in [0.717, 1.165) is 27.3 Å². The average Bonchev–Trinajstić information content (AvgIpc) is 2.76. The number of hydrogen-bond acceptors (Lipinski definition) is 5.